The lowest BCUT2D eigenvalue weighted by atomic mass is 9.88. The molecule has 0 aromatic heterocycles. The normalized spacial score (nSPS) is 17.6. The first-order valence-electron chi connectivity index (χ1n) is 6.59. The number of rotatable bonds is 5. The highest BCUT2D eigenvalue weighted by atomic mass is 35.5. The molecule has 2 rings (SSSR count). The van der Waals surface area contributed by atoms with Crippen molar-refractivity contribution in [2.45, 2.75) is 26.2 Å². The van der Waals surface area contributed by atoms with Crippen LogP contribution in [0.3, 0.4) is 0 Å². The second kappa shape index (κ2) is 5.85. The Morgan fingerprint density at radius 2 is 1.89 bits per heavy atom. The highest BCUT2D eigenvalue weighted by Gasteiger charge is 2.27. The second-order valence-electron chi connectivity index (χ2n) is 5.32. The van der Waals surface area contributed by atoms with Crippen molar-refractivity contribution in [2.75, 3.05) is 19.6 Å². The van der Waals surface area contributed by atoms with Crippen LogP contribution in [0.25, 0.3) is 0 Å². The van der Waals surface area contributed by atoms with Crippen molar-refractivity contribution >= 4 is 17.4 Å². The Balaban J connectivity index is 2.17. The topological polar surface area (TPSA) is 20.3 Å². The van der Waals surface area contributed by atoms with Crippen LogP contribution in [-0.4, -0.2) is 30.3 Å². The van der Waals surface area contributed by atoms with Crippen LogP contribution in [-0.2, 0) is 4.79 Å². The lowest BCUT2D eigenvalue weighted by Gasteiger charge is -2.34. The number of carbonyl (C=O) groups excluding carboxylic acids is 1. The summed E-state index contributed by atoms with van der Waals surface area (Å²) in [5.74, 6) is 0.388. The molecule has 0 unspecified atom stereocenters. The van der Waals surface area contributed by atoms with Crippen molar-refractivity contribution in [2.24, 2.45) is 5.92 Å². The molecule has 0 aliphatic carbocycles. The Morgan fingerprint density at radius 3 is 2.33 bits per heavy atom. The number of Topliss-reactive ketones (excluding diaryl/α,β-unsaturated/α-hetero) is 1. The fraction of sp³-hybridized carbons (Fsp3) is 0.533. The molecule has 1 aromatic carbocycles. The first kappa shape index (κ1) is 13.6. The molecular formula is C15H20ClNO. The average molecular weight is 266 g/mol. The maximum absolute atomic E-state index is 12.3. The number of likely N-dealkylation sites (tertiary alicyclic amines) is 1. The van der Waals surface area contributed by atoms with Crippen LogP contribution in [0.2, 0.25) is 5.02 Å². The summed E-state index contributed by atoms with van der Waals surface area (Å²) < 4.78 is 0. The third kappa shape index (κ3) is 3.12. The molecule has 0 bridgehead atoms. The summed E-state index contributed by atoms with van der Waals surface area (Å²) in [5, 5.41) is 0.721. The van der Waals surface area contributed by atoms with Gasteiger partial charge in [0.1, 0.15) is 5.78 Å². The molecule has 3 heteroatoms. The molecular weight excluding hydrogens is 246 g/mol. The zero-order chi connectivity index (χ0) is 13.1. The van der Waals surface area contributed by atoms with Gasteiger partial charge >= 0.3 is 0 Å². The van der Waals surface area contributed by atoms with E-state index in [1.54, 1.807) is 0 Å². The maximum atomic E-state index is 12.3. The van der Waals surface area contributed by atoms with E-state index in [4.69, 9.17) is 11.6 Å². The largest absolute Gasteiger partial charge is 0.302 e. The van der Waals surface area contributed by atoms with E-state index in [1.165, 1.54) is 6.42 Å². The maximum Gasteiger partial charge on any atom is 0.144 e. The molecule has 0 saturated carbocycles. The first-order chi connectivity index (χ1) is 8.58. The number of hydrogen-bond donors (Lipinski definition) is 0. The van der Waals surface area contributed by atoms with E-state index in [9.17, 15) is 4.79 Å². The molecule has 1 aliphatic heterocycles. The molecule has 1 fully saturated rings. The minimum atomic E-state index is -0.0115. The molecule has 1 saturated heterocycles. The van der Waals surface area contributed by atoms with Gasteiger partial charge in [0.05, 0.1) is 5.92 Å². The number of benzene rings is 1. The van der Waals surface area contributed by atoms with Crippen LogP contribution in [0.1, 0.15) is 31.7 Å². The van der Waals surface area contributed by atoms with Gasteiger partial charge in [-0.2, -0.15) is 0 Å². The van der Waals surface area contributed by atoms with Gasteiger partial charge in [0, 0.05) is 17.5 Å². The fourth-order valence-electron chi connectivity index (χ4n) is 2.28. The molecule has 1 atom stereocenters. The Labute approximate surface area is 114 Å². The third-order valence-corrected chi connectivity index (χ3v) is 3.83. The molecule has 1 aromatic rings. The summed E-state index contributed by atoms with van der Waals surface area (Å²) in [7, 11) is 0. The minimum absolute atomic E-state index is 0.0115. The van der Waals surface area contributed by atoms with Crippen molar-refractivity contribution in [1.29, 1.82) is 0 Å². The highest BCUT2D eigenvalue weighted by Crippen LogP contribution is 2.25. The van der Waals surface area contributed by atoms with Gasteiger partial charge in [0.15, 0.2) is 0 Å². The summed E-state index contributed by atoms with van der Waals surface area (Å²) >= 11 is 5.91. The summed E-state index contributed by atoms with van der Waals surface area (Å²) in [6.07, 6.45) is 1.25. The SMILES string of the molecule is CC(C)C(=O)[C@@H](CN1CCC1)c1ccc(Cl)cc1. The van der Waals surface area contributed by atoms with Crippen molar-refractivity contribution < 1.29 is 4.79 Å². The van der Waals surface area contributed by atoms with Gasteiger partial charge in [0.2, 0.25) is 0 Å². The zero-order valence-corrected chi connectivity index (χ0v) is 11.8. The third-order valence-electron chi connectivity index (χ3n) is 3.57. The molecule has 18 heavy (non-hydrogen) atoms. The molecule has 1 aliphatic rings. The average Bonchev–Trinajstić information content (AvgIpc) is 2.29. The molecule has 1 heterocycles. The summed E-state index contributed by atoms with van der Waals surface area (Å²) in [5.41, 5.74) is 1.09. The van der Waals surface area contributed by atoms with Crippen molar-refractivity contribution in [1.82, 2.24) is 4.90 Å². The van der Waals surface area contributed by atoms with E-state index in [0.29, 0.717) is 5.78 Å². The lowest BCUT2D eigenvalue weighted by Crippen LogP contribution is -2.42. The molecule has 0 N–H and O–H groups in total. The second-order valence-corrected chi connectivity index (χ2v) is 5.75. The van der Waals surface area contributed by atoms with Gasteiger partial charge in [-0.1, -0.05) is 37.6 Å². The van der Waals surface area contributed by atoms with Crippen LogP contribution in [0, 0.1) is 5.92 Å². The van der Waals surface area contributed by atoms with Gasteiger partial charge in [-0.05, 0) is 37.2 Å². The van der Waals surface area contributed by atoms with Crippen LogP contribution < -0.4 is 0 Å². The van der Waals surface area contributed by atoms with Crippen molar-refractivity contribution in [3.63, 3.8) is 0 Å². The van der Waals surface area contributed by atoms with Crippen molar-refractivity contribution in [3.8, 4) is 0 Å². The van der Waals surface area contributed by atoms with Gasteiger partial charge < -0.3 is 4.90 Å². The Bertz CT molecular complexity index is 409. The van der Waals surface area contributed by atoms with Gasteiger partial charge in [-0.3, -0.25) is 4.79 Å². The molecule has 0 spiro atoms. The van der Waals surface area contributed by atoms with E-state index in [0.717, 1.165) is 30.2 Å². The van der Waals surface area contributed by atoms with Crippen LogP contribution in [0.4, 0.5) is 0 Å². The monoisotopic (exact) mass is 265 g/mol. The Morgan fingerprint density at radius 1 is 1.28 bits per heavy atom. The highest BCUT2D eigenvalue weighted by molar-refractivity contribution is 6.30. The molecule has 2 nitrogen and oxygen atoms in total. The van der Waals surface area contributed by atoms with E-state index in [2.05, 4.69) is 4.90 Å². The summed E-state index contributed by atoms with van der Waals surface area (Å²) in [6, 6.07) is 7.70. The van der Waals surface area contributed by atoms with Crippen LogP contribution in [0.5, 0.6) is 0 Å². The summed E-state index contributed by atoms with van der Waals surface area (Å²) in [6.45, 7) is 7.03. The van der Waals surface area contributed by atoms with E-state index >= 15 is 0 Å². The zero-order valence-electron chi connectivity index (χ0n) is 11.0. The Kier molecular flexibility index (Phi) is 4.41. The quantitative estimate of drug-likeness (QED) is 0.814. The number of carbonyl (C=O) groups is 1. The lowest BCUT2D eigenvalue weighted by molar-refractivity contribution is -0.124. The van der Waals surface area contributed by atoms with Crippen LogP contribution in [0.15, 0.2) is 24.3 Å². The number of ketones is 1. The van der Waals surface area contributed by atoms with Gasteiger partial charge in [-0.15, -0.1) is 0 Å². The van der Waals surface area contributed by atoms with E-state index in [-0.39, 0.29) is 11.8 Å². The fourth-order valence-corrected chi connectivity index (χ4v) is 2.41. The first-order valence-corrected chi connectivity index (χ1v) is 6.97. The molecule has 98 valence electrons. The van der Waals surface area contributed by atoms with Gasteiger partial charge in [-0.25, -0.2) is 0 Å². The Hall–Kier alpha value is -0.860. The minimum Gasteiger partial charge on any atom is -0.302 e. The number of nitrogens with zero attached hydrogens (tertiary/aromatic N) is 1. The summed E-state index contributed by atoms with van der Waals surface area (Å²) in [4.78, 5) is 14.7. The van der Waals surface area contributed by atoms with Gasteiger partial charge in [0.25, 0.3) is 0 Å². The molecule has 0 amide bonds. The predicted molar refractivity (Wildman–Crippen MR) is 75.1 cm³/mol. The van der Waals surface area contributed by atoms with Crippen LogP contribution >= 0.6 is 11.6 Å². The standard InChI is InChI=1S/C15H20ClNO/c1-11(2)15(18)14(10-17-8-3-9-17)12-4-6-13(16)7-5-12/h4-7,11,14H,3,8-10H2,1-2H3/t14-/m0/s1. The number of hydrogen-bond acceptors (Lipinski definition) is 2. The smallest absolute Gasteiger partial charge is 0.144 e. The van der Waals surface area contributed by atoms with Crippen molar-refractivity contribution in [3.05, 3.63) is 34.9 Å². The van der Waals surface area contributed by atoms with E-state index < -0.39 is 0 Å². The predicted octanol–water partition coefficient (Wildman–Crippen LogP) is 3.35. The van der Waals surface area contributed by atoms with E-state index in [1.807, 2.05) is 38.1 Å². The number of halogens is 1. The molecule has 0 radical (unpaired) electrons.